The lowest BCUT2D eigenvalue weighted by Gasteiger charge is -2.05. The zero-order valence-electron chi connectivity index (χ0n) is 10.1. The van der Waals surface area contributed by atoms with Gasteiger partial charge in [0.15, 0.2) is 0 Å². The number of nitrogens with one attached hydrogen (secondary N) is 1. The van der Waals surface area contributed by atoms with Crippen molar-refractivity contribution in [2.24, 2.45) is 0 Å². The van der Waals surface area contributed by atoms with Gasteiger partial charge in [-0.2, -0.15) is 0 Å². The summed E-state index contributed by atoms with van der Waals surface area (Å²) in [6.45, 7) is 2.24. The molecule has 0 spiro atoms. The van der Waals surface area contributed by atoms with Gasteiger partial charge in [-0.05, 0) is 42.5 Å². The van der Waals surface area contributed by atoms with Crippen LogP contribution in [-0.2, 0) is 6.42 Å². The third kappa shape index (κ3) is 3.17. The number of hydrogen-bond acceptors (Lipinski definition) is 2. The molecule has 1 heterocycles. The van der Waals surface area contributed by atoms with E-state index in [0.29, 0.717) is 17.7 Å². The lowest BCUT2D eigenvalue weighted by molar-refractivity contribution is 0.0953. The Kier molecular flexibility index (Phi) is 4.10. The Balaban J connectivity index is 1.89. The fourth-order valence-corrected chi connectivity index (χ4v) is 2.30. The van der Waals surface area contributed by atoms with Crippen LogP contribution < -0.4 is 5.32 Å². The predicted octanol–water partition coefficient (Wildman–Crippen LogP) is 3.17. The molecule has 18 heavy (non-hydrogen) atoms. The van der Waals surface area contributed by atoms with Crippen LogP contribution in [0.1, 0.15) is 20.8 Å². The van der Waals surface area contributed by atoms with Crippen molar-refractivity contribution >= 4 is 17.2 Å². The van der Waals surface area contributed by atoms with Crippen LogP contribution in [0.3, 0.4) is 0 Å². The summed E-state index contributed by atoms with van der Waals surface area (Å²) >= 11 is 1.66. The lowest BCUT2D eigenvalue weighted by Crippen LogP contribution is -2.25. The Labute approximate surface area is 109 Å². The lowest BCUT2D eigenvalue weighted by atomic mass is 10.1. The van der Waals surface area contributed by atoms with E-state index in [9.17, 15) is 9.18 Å². The Morgan fingerprint density at radius 2 is 2.22 bits per heavy atom. The number of rotatable bonds is 4. The number of hydrogen-bond donors (Lipinski definition) is 1. The number of halogens is 1. The van der Waals surface area contributed by atoms with Crippen LogP contribution in [-0.4, -0.2) is 12.5 Å². The highest BCUT2D eigenvalue weighted by Crippen LogP contribution is 2.10. The molecular weight excluding hydrogens is 249 g/mol. The van der Waals surface area contributed by atoms with E-state index in [4.69, 9.17) is 0 Å². The van der Waals surface area contributed by atoms with Gasteiger partial charge in [0, 0.05) is 17.0 Å². The van der Waals surface area contributed by atoms with Gasteiger partial charge < -0.3 is 5.32 Å². The number of benzene rings is 1. The van der Waals surface area contributed by atoms with Crippen molar-refractivity contribution in [1.82, 2.24) is 5.32 Å². The molecule has 0 unspecified atom stereocenters. The van der Waals surface area contributed by atoms with E-state index in [-0.39, 0.29) is 11.7 Å². The molecule has 1 aromatic carbocycles. The second-order valence-electron chi connectivity index (χ2n) is 4.05. The second kappa shape index (κ2) is 5.78. The smallest absolute Gasteiger partial charge is 0.251 e. The predicted molar refractivity (Wildman–Crippen MR) is 71.5 cm³/mol. The van der Waals surface area contributed by atoms with E-state index in [2.05, 4.69) is 5.32 Å². The van der Waals surface area contributed by atoms with Gasteiger partial charge in [0.2, 0.25) is 0 Å². The first-order chi connectivity index (χ1) is 8.66. The maximum Gasteiger partial charge on any atom is 0.251 e. The van der Waals surface area contributed by atoms with E-state index in [0.717, 1.165) is 6.42 Å². The van der Waals surface area contributed by atoms with E-state index in [1.54, 1.807) is 30.4 Å². The van der Waals surface area contributed by atoms with Crippen molar-refractivity contribution in [3.05, 3.63) is 57.5 Å². The fraction of sp³-hybridized carbons (Fsp3) is 0.214. The third-order valence-electron chi connectivity index (χ3n) is 2.67. The molecule has 2 rings (SSSR count). The van der Waals surface area contributed by atoms with Gasteiger partial charge in [0.25, 0.3) is 5.91 Å². The average molecular weight is 263 g/mol. The Morgan fingerprint density at radius 3 is 2.89 bits per heavy atom. The highest BCUT2D eigenvalue weighted by Gasteiger charge is 2.07. The van der Waals surface area contributed by atoms with Gasteiger partial charge in [-0.3, -0.25) is 4.79 Å². The molecule has 4 heteroatoms. The number of aryl methyl sites for hydroxylation is 1. The first kappa shape index (κ1) is 12.8. The minimum atomic E-state index is -0.346. The molecule has 0 aliphatic carbocycles. The van der Waals surface area contributed by atoms with E-state index in [1.165, 1.54) is 10.9 Å². The molecule has 2 aromatic rings. The molecule has 0 bridgehead atoms. The molecule has 0 aliphatic rings. The molecule has 0 aliphatic heterocycles. The third-order valence-corrected chi connectivity index (χ3v) is 3.61. The van der Waals surface area contributed by atoms with Crippen molar-refractivity contribution in [1.29, 1.82) is 0 Å². The van der Waals surface area contributed by atoms with Gasteiger partial charge in [0.1, 0.15) is 5.82 Å². The number of carbonyl (C=O) groups is 1. The Bertz CT molecular complexity index is 537. The van der Waals surface area contributed by atoms with Crippen LogP contribution in [0, 0.1) is 12.7 Å². The summed E-state index contributed by atoms with van der Waals surface area (Å²) in [5.74, 6) is -0.577. The van der Waals surface area contributed by atoms with Crippen molar-refractivity contribution in [3.8, 4) is 0 Å². The van der Waals surface area contributed by atoms with E-state index < -0.39 is 0 Å². The highest BCUT2D eigenvalue weighted by molar-refractivity contribution is 7.09. The molecule has 1 amide bonds. The molecule has 94 valence electrons. The van der Waals surface area contributed by atoms with E-state index in [1.807, 2.05) is 17.5 Å². The number of thiophene rings is 1. The molecule has 0 saturated heterocycles. The van der Waals surface area contributed by atoms with Gasteiger partial charge in [-0.25, -0.2) is 4.39 Å². The van der Waals surface area contributed by atoms with Crippen molar-refractivity contribution in [2.45, 2.75) is 13.3 Å². The normalized spacial score (nSPS) is 10.3. The minimum Gasteiger partial charge on any atom is -0.352 e. The van der Waals surface area contributed by atoms with Crippen molar-refractivity contribution in [3.63, 3.8) is 0 Å². The quantitative estimate of drug-likeness (QED) is 0.902. The van der Waals surface area contributed by atoms with Gasteiger partial charge in [-0.15, -0.1) is 11.3 Å². The topological polar surface area (TPSA) is 29.1 Å². The molecule has 0 saturated carbocycles. The van der Waals surface area contributed by atoms with Crippen molar-refractivity contribution < 1.29 is 9.18 Å². The molecule has 1 N–H and O–H groups in total. The monoisotopic (exact) mass is 263 g/mol. The summed E-state index contributed by atoms with van der Waals surface area (Å²) in [7, 11) is 0. The summed E-state index contributed by atoms with van der Waals surface area (Å²) in [6, 6.07) is 8.54. The zero-order chi connectivity index (χ0) is 13.0. The Hall–Kier alpha value is -1.68. The van der Waals surface area contributed by atoms with Crippen LogP contribution >= 0.6 is 11.3 Å². The summed E-state index contributed by atoms with van der Waals surface area (Å²) in [6.07, 6.45) is 0.803. The average Bonchev–Trinajstić information content (AvgIpc) is 2.85. The molecule has 1 aromatic heterocycles. The van der Waals surface area contributed by atoms with Gasteiger partial charge in [-0.1, -0.05) is 12.1 Å². The molecule has 0 fully saturated rings. The van der Waals surface area contributed by atoms with Gasteiger partial charge in [0.05, 0.1) is 0 Å². The second-order valence-corrected chi connectivity index (χ2v) is 5.08. The maximum atomic E-state index is 13.3. The van der Waals surface area contributed by atoms with Crippen LogP contribution in [0.2, 0.25) is 0 Å². The van der Waals surface area contributed by atoms with E-state index >= 15 is 0 Å². The standard InChI is InChI=1S/C14H14FNOS/c1-10-4-5-11(9-13(10)15)14(17)16-7-6-12-3-2-8-18-12/h2-5,8-9H,6-7H2,1H3,(H,16,17). The number of carbonyl (C=O) groups excluding carboxylic acids is 1. The molecule has 0 atom stereocenters. The SMILES string of the molecule is Cc1ccc(C(=O)NCCc2cccs2)cc1F. The van der Waals surface area contributed by atoms with Crippen molar-refractivity contribution in [2.75, 3.05) is 6.54 Å². The maximum absolute atomic E-state index is 13.3. The first-order valence-corrected chi connectivity index (χ1v) is 6.61. The van der Waals surface area contributed by atoms with Crippen LogP contribution in [0.4, 0.5) is 4.39 Å². The summed E-state index contributed by atoms with van der Waals surface area (Å²) in [4.78, 5) is 13.0. The fourth-order valence-electron chi connectivity index (χ4n) is 1.59. The Morgan fingerprint density at radius 1 is 1.39 bits per heavy atom. The summed E-state index contributed by atoms with van der Waals surface area (Å²) < 4.78 is 13.3. The van der Waals surface area contributed by atoms with Crippen LogP contribution in [0.15, 0.2) is 35.7 Å². The summed E-state index contributed by atoms with van der Waals surface area (Å²) in [5, 5.41) is 4.79. The first-order valence-electron chi connectivity index (χ1n) is 5.73. The largest absolute Gasteiger partial charge is 0.352 e. The number of amides is 1. The van der Waals surface area contributed by atoms with Crippen LogP contribution in [0.5, 0.6) is 0 Å². The van der Waals surface area contributed by atoms with Gasteiger partial charge >= 0.3 is 0 Å². The summed E-state index contributed by atoms with van der Waals surface area (Å²) in [5.41, 5.74) is 0.911. The molecular formula is C14H14FNOS. The van der Waals surface area contributed by atoms with Crippen LogP contribution in [0.25, 0.3) is 0 Å². The highest BCUT2D eigenvalue weighted by atomic mass is 32.1. The molecule has 0 radical (unpaired) electrons. The minimum absolute atomic E-state index is 0.231. The molecule has 2 nitrogen and oxygen atoms in total. The zero-order valence-corrected chi connectivity index (χ0v) is 10.9.